The Morgan fingerprint density at radius 2 is 2.29 bits per heavy atom. The van der Waals surface area contributed by atoms with Gasteiger partial charge < -0.3 is 9.47 Å². The van der Waals surface area contributed by atoms with Gasteiger partial charge in [-0.05, 0) is 32.6 Å². The lowest BCUT2D eigenvalue weighted by molar-refractivity contribution is 0.0523. The van der Waals surface area contributed by atoms with Gasteiger partial charge in [-0.2, -0.15) is 0 Å². The Morgan fingerprint density at radius 1 is 1.43 bits per heavy atom. The van der Waals surface area contributed by atoms with Crippen LogP contribution in [0.15, 0.2) is 6.20 Å². The Labute approximate surface area is 125 Å². The molecule has 1 aromatic heterocycles. The summed E-state index contributed by atoms with van der Waals surface area (Å²) in [4.78, 5) is 21.1. The van der Waals surface area contributed by atoms with E-state index in [0.717, 1.165) is 43.6 Å². The molecule has 2 bridgehead atoms. The first kappa shape index (κ1) is 14.4. The molecule has 114 valence electrons. The predicted molar refractivity (Wildman–Crippen MR) is 77.2 cm³/mol. The number of aryl methyl sites for hydroxylation is 1. The van der Waals surface area contributed by atoms with Gasteiger partial charge in [0.15, 0.2) is 0 Å². The highest BCUT2D eigenvalue weighted by Crippen LogP contribution is 2.43. The molecule has 0 spiro atoms. The molecule has 3 unspecified atom stereocenters. The molecule has 0 saturated carbocycles. The highest BCUT2D eigenvalue weighted by atomic mass is 16.5. The Morgan fingerprint density at radius 3 is 2.90 bits per heavy atom. The molecule has 2 saturated heterocycles. The van der Waals surface area contributed by atoms with Gasteiger partial charge in [0.05, 0.1) is 30.1 Å². The second-order valence-electron chi connectivity index (χ2n) is 5.78. The summed E-state index contributed by atoms with van der Waals surface area (Å²) in [6, 6.07) is 0. The van der Waals surface area contributed by atoms with E-state index in [1.165, 1.54) is 0 Å². The lowest BCUT2D eigenvalue weighted by atomic mass is 9.88. The number of esters is 1. The first-order valence-corrected chi connectivity index (χ1v) is 7.91. The predicted octanol–water partition coefficient (Wildman–Crippen LogP) is 2.64. The van der Waals surface area contributed by atoms with Crippen molar-refractivity contribution in [3.05, 3.63) is 23.3 Å². The average Bonchev–Trinajstić information content (AvgIpc) is 3.10. The Bertz CT molecular complexity index is 532. The third kappa shape index (κ3) is 2.79. The van der Waals surface area contributed by atoms with Gasteiger partial charge in [0.2, 0.25) is 0 Å². The Hall–Kier alpha value is -1.49. The largest absolute Gasteiger partial charge is 0.462 e. The van der Waals surface area contributed by atoms with Crippen LogP contribution < -0.4 is 0 Å². The fraction of sp³-hybridized carbons (Fsp3) is 0.688. The summed E-state index contributed by atoms with van der Waals surface area (Å²) >= 11 is 0. The summed E-state index contributed by atoms with van der Waals surface area (Å²) in [6.45, 7) is 4.25. The maximum atomic E-state index is 12.0. The quantitative estimate of drug-likeness (QED) is 0.780. The summed E-state index contributed by atoms with van der Waals surface area (Å²) in [5.41, 5.74) is 1.32. The highest BCUT2D eigenvalue weighted by Gasteiger charge is 2.43. The van der Waals surface area contributed by atoms with Crippen molar-refractivity contribution in [2.75, 3.05) is 6.61 Å². The molecular weight excluding hydrogens is 268 g/mol. The number of carbonyl (C=O) groups is 1. The first-order valence-electron chi connectivity index (χ1n) is 7.91. The van der Waals surface area contributed by atoms with Crippen LogP contribution in [0.3, 0.4) is 0 Å². The van der Waals surface area contributed by atoms with E-state index in [9.17, 15) is 4.79 Å². The molecule has 0 amide bonds. The van der Waals surface area contributed by atoms with E-state index < -0.39 is 0 Å². The van der Waals surface area contributed by atoms with Crippen LogP contribution in [0.25, 0.3) is 0 Å². The number of ether oxygens (including phenoxy) is 2. The number of aromatic nitrogens is 2. The molecule has 21 heavy (non-hydrogen) atoms. The average molecular weight is 290 g/mol. The number of fused-ring (bicyclic) bond motifs is 2. The van der Waals surface area contributed by atoms with Gasteiger partial charge in [-0.25, -0.2) is 14.8 Å². The monoisotopic (exact) mass is 290 g/mol. The topological polar surface area (TPSA) is 61.3 Å². The van der Waals surface area contributed by atoms with Crippen LogP contribution in [0.4, 0.5) is 0 Å². The van der Waals surface area contributed by atoms with Crippen molar-refractivity contribution in [1.82, 2.24) is 9.97 Å². The normalized spacial score (nSPS) is 27.0. The second-order valence-corrected chi connectivity index (χ2v) is 5.78. The van der Waals surface area contributed by atoms with Crippen LogP contribution in [-0.2, 0) is 15.9 Å². The van der Waals surface area contributed by atoms with Gasteiger partial charge in [0, 0.05) is 12.1 Å². The van der Waals surface area contributed by atoms with Crippen molar-refractivity contribution in [1.29, 1.82) is 0 Å². The molecule has 2 fully saturated rings. The number of hydrogen-bond acceptors (Lipinski definition) is 5. The van der Waals surface area contributed by atoms with Gasteiger partial charge in [0.1, 0.15) is 5.82 Å². The van der Waals surface area contributed by atoms with Crippen LogP contribution in [0.1, 0.15) is 67.3 Å². The van der Waals surface area contributed by atoms with E-state index in [4.69, 9.17) is 9.47 Å². The van der Waals surface area contributed by atoms with Gasteiger partial charge in [-0.1, -0.05) is 13.3 Å². The van der Waals surface area contributed by atoms with Crippen molar-refractivity contribution in [2.45, 2.75) is 64.1 Å². The van der Waals surface area contributed by atoms with E-state index in [1.807, 2.05) is 0 Å². The molecule has 0 aliphatic carbocycles. The van der Waals surface area contributed by atoms with E-state index in [0.29, 0.717) is 18.3 Å². The standard InChI is InChI=1S/C16H22N2O3/c1-3-5-13-12(16(19)20-4-2)9-17-15(18-13)11-8-10-6-7-14(11)21-10/h9-11,14H,3-8H2,1-2H3. The Kier molecular flexibility index (Phi) is 4.19. The van der Waals surface area contributed by atoms with Crippen LogP contribution in [0, 0.1) is 0 Å². The zero-order valence-corrected chi connectivity index (χ0v) is 12.7. The van der Waals surface area contributed by atoms with Gasteiger partial charge >= 0.3 is 5.97 Å². The van der Waals surface area contributed by atoms with Crippen LogP contribution in [0.5, 0.6) is 0 Å². The molecule has 5 heteroatoms. The lowest BCUT2D eigenvalue weighted by Gasteiger charge is -2.18. The number of hydrogen-bond donors (Lipinski definition) is 0. The van der Waals surface area contributed by atoms with Crippen molar-refractivity contribution < 1.29 is 14.3 Å². The smallest absolute Gasteiger partial charge is 0.341 e. The molecule has 3 heterocycles. The van der Waals surface area contributed by atoms with Crippen LogP contribution in [-0.4, -0.2) is 34.8 Å². The minimum Gasteiger partial charge on any atom is -0.462 e. The molecular formula is C16H22N2O3. The third-order valence-corrected chi connectivity index (χ3v) is 4.31. The van der Waals surface area contributed by atoms with E-state index in [-0.39, 0.29) is 18.0 Å². The second kappa shape index (κ2) is 6.10. The van der Waals surface area contributed by atoms with Crippen molar-refractivity contribution in [3.8, 4) is 0 Å². The van der Waals surface area contributed by atoms with E-state index in [1.54, 1.807) is 13.1 Å². The van der Waals surface area contributed by atoms with E-state index in [2.05, 4.69) is 16.9 Å². The van der Waals surface area contributed by atoms with Crippen LogP contribution in [0.2, 0.25) is 0 Å². The summed E-state index contributed by atoms with van der Waals surface area (Å²) in [7, 11) is 0. The molecule has 0 radical (unpaired) electrons. The zero-order valence-electron chi connectivity index (χ0n) is 12.7. The van der Waals surface area contributed by atoms with Crippen molar-refractivity contribution >= 4 is 5.97 Å². The van der Waals surface area contributed by atoms with Gasteiger partial charge in [-0.3, -0.25) is 0 Å². The number of nitrogens with zero attached hydrogens (tertiary/aromatic N) is 2. The molecule has 5 nitrogen and oxygen atoms in total. The molecule has 3 atom stereocenters. The number of carbonyl (C=O) groups excluding carboxylic acids is 1. The minimum atomic E-state index is -0.323. The zero-order chi connectivity index (χ0) is 14.8. The first-order chi connectivity index (χ1) is 10.2. The molecule has 3 rings (SSSR count). The van der Waals surface area contributed by atoms with Crippen molar-refractivity contribution in [3.63, 3.8) is 0 Å². The lowest BCUT2D eigenvalue weighted by Crippen LogP contribution is -2.19. The van der Waals surface area contributed by atoms with Crippen LogP contribution >= 0.6 is 0 Å². The molecule has 0 N–H and O–H groups in total. The van der Waals surface area contributed by atoms with E-state index >= 15 is 0 Å². The van der Waals surface area contributed by atoms with Gasteiger partial charge in [-0.15, -0.1) is 0 Å². The minimum absolute atomic E-state index is 0.262. The summed E-state index contributed by atoms with van der Waals surface area (Å²) in [5.74, 6) is 0.797. The third-order valence-electron chi connectivity index (χ3n) is 4.31. The van der Waals surface area contributed by atoms with Gasteiger partial charge in [0.25, 0.3) is 0 Å². The SMILES string of the molecule is CCCc1nc(C2CC3CCC2O3)ncc1C(=O)OCC. The maximum absolute atomic E-state index is 12.0. The molecule has 2 aliphatic heterocycles. The molecule has 1 aromatic rings. The molecule has 2 aliphatic rings. The fourth-order valence-electron chi connectivity index (χ4n) is 3.33. The summed E-state index contributed by atoms with van der Waals surface area (Å²) < 4.78 is 11.0. The van der Waals surface area contributed by atoms with Crippen molar-refractivity contribution in [2.24, 2.45) is 0 Å². The summed E-state index contributed by atoms with van der Waals surface area (Å²) in [5, 5.41) is 0. The fourth-order valence-corrected chi connectivity index (χ4v) is 3.33. The highest BCUT2D eigenvalue weighted by molar-refractivity contribution is 5.90. The molecule has 0 aromatic carbocycles. The Balaban J connectivity index is 1.86. The number of rotatable bonds is 5. The summed E-state index contributed by atoms with van der Waals surface area (Å²) in [6.07, 6.45) is 7.25. The maximum Gasteiger partial charge on any atom is 0.341 e.